The maximum atomic E-state index is 11.4. The lowest BCUT2D eigenvalue weighted by atomic mass is 9.99. The highest BCUT2D eigenvalue weighted by Crippen LogP contribution is 2.35. The van der Waals surface area contributed by atoms with E-state index in [1.54, 1.807) is 26.2 Å². The monoisotopic (exact) mass is 474 g/mol. The Balaban J connectivity index is 1.92. The molecule has 32 heavy (non-hydrogen) atoms. The predicted octanol–water partition coefficient (Wildman–Crippen LogP) is 4.04. The van der Waals surface area contributed by atoms with Crippen LogP contribution in [0.25, 0.3) is 5.69 Å². The smallest absolute Gasteiger partial charge is 0.265 e. The van der Waals surface area contributed by atoms with Gasteiger partial charge in [0.05, 0.1) is 24.3 Å². The van der Waals surface area contributed by atoms with Crippen LogP contribution in [0, 0.1) is 12.8 Å². The maximum absolute atomic E-state index is 11.4. The lowest BCUT2D eigenvalue weighted by molar-refractivity contribution is 0.414. The van der Waals surface area contributed by atoms with E-state index in [1.165, 1.54) is 0 Å². The first-order chi connectivity index (χ1) is 15.2. The van der Waals surface area contributed by atoms with E-state index in [1.807, 2.05) is 41.8 Å². The fraction of sp³-hybridized carbons (Fsp3) is 0.318. The second-order valence-corrected chi connectivity index (χ2v) is 9.85. The highest BCUT2D eigenvalue weighted by molar-refractivity contribution is 7.85. The van der Waals surface area contributed by atoms with Crippen molar-refractivity contribution in [1.29, 1.82) is 0 Å². The van der Waals surface area contributed by atoms with E-state index in [2.05, 4.69) is 10.2 Å². The minimum Gasteiger partial charge on any atom is -0.497 e. The van der Waals surface area contributed by atoms with Crippen molar-refractivity contribution in [3.05, 3.63) is 70.3 Å². The Morgan fingerprint density at radius 2 is 1.91 bits per heavy atom. The molecule has 1 N–H and O–H groups in total. The summed E-state index contributed by atoms with van der Waals surface area (Å²) in [5.74, 6) is 1.26. The van der Waals surface area contributed by atoms with Crippen LogP contribution in [-0.4, -0.2) is 46.3 Å². The lowest BCUT2D eigenvalue weighted by Gasteiger charge is -2.16. The topological polar surface area (TPSA) is 107 Å². The van der Waals surface area contributed by atoms with E-state index in [4.69, 9.17) is 21.3 Å². The average molecular weight is 475 g/mol. The van der Waals surface area contributed by atoms with Crippen LogP contribution in [0.1, 0.15) is 42.2 Å². The van der Waals surface area contributed by atoms with E-state index in [0.29, 0.717) is 34.6 Å². The molecule has 1 aliphatic rings. The minimum atomic E-state index is -4.11. The Labute approximate surface area is 191 Å². The van der Waals surface area contributed by atoms with Gasteiger partial charge in [-0.1, -0.05) is 30.7 Å². The van der Waals surface area contributed by atoms with Crippen LogP contribution in [-0.2, 0) is 10.1 Å². The third-order valence-corrected chi connectivity index (χ3v) is 6.61. The molecule has 1 aromatic heterocycles. The summed E-state index contributed by atoms with van der Waals surface area (Å²) in [6.45, 7) is 3.62. The summed E-state index contributed by atoms with van der Waals surface area (Å²) in [5, 5.41) is 9.23. The van der Waals surface area contributed by atoms with Gasteiger partial charge in [0.25, 0.3) is 10.1 Å². The first kappa shape index (κ1) is 22.4. The number of hydrogen-bond donors (Lipinski definition) is 1. The van der Waals surface area contributed by atoms with E-state index in [9.17, 15) is 13.0 Å². The van der Waals surface area contributed by atoms with Gasteiger partial charge < -0.3 is 4.74 Å². The number of ether oxygens (including phenoxy) is 1. The van der Waals surface area contributed by atoms with Gasteiger partial charge in [-0.3, -0.25) is 14.1 Å². The molecule has 0 saturated carbocycles. The van der Waals surface area contributed by atoms with E-state index in [0.717, 1.165) is 16.8 Å². The number of benzene rings is 2. The van der Waals surface area contributed by atoms with Crippen molar-refractivity contribution in [3.63, 3.8) is 0 Å². The third kappa shape index (κ3) is 4.55. The molecule has 2 heterocycles. The molecule has 10 heteroatoms. The molecule has 2 aromatic carbocycles. The van der Waals surface area contributed by atoms with Gasteiger partial charge in [-0.15, -0.1) is 10.2 Å². The molecule has 0 amide bonds. The molecule has 4 rings (SSSR count). The van der Waals surface area contributed by atoms with Crippen molar-refractivity contribution < 1.29 is 17.7 Å². The zero-order valence-corrected chi connectivity index (χ0v) is 19.4. The summed E-state index contributed by atoms with van der Waals surface area (Å²) >= 11 is 6.10. The van der Waals surface area contributed by atoms with Crippen LogP contribution in [0.4, 0.5) is 0 Å². The second-order valence-electron chi connectivity index (χ2n) is 7.91. The first-order valence-corrected chi connectivity index (χ1v) is 12.0. The number of aryl methyl sites for hydroxylation is 1. The quantitative estimate of drug-likeness (QED) is 0.540. The molecule has 1 aliphatic heterocycles. The molecule has 0 saturated heterocycles. The van der Waals surface area contributed by atoms with Crippen LogP contribution in [0.3, 0.4) is 0 Å². The van der Waals surface area contributed by atoms with Crippen molar-refractivity contribution in [1.82, 2.24) is 14.8 Å². The van der Waals surface area contributed by atoms with Gasteiger partial charge in [-0.25, -0.2) is 0 Å². The Kier molecular flexibility index (Phi) is 6.07. The van der Waals surface area contributed by atoms with Crippen LogP contribution in [0.2, 0.25) is 5.02 Å². The number of halogens is 1. The fourth-order valence-electron chi connectivity index (χ4n) is 4.01. The van der Waals surface area contributed by atoms with Crippen molar-refractivity contribution in [2.45, 2.75) is 26.3 Å². The van der Waals surface area contributed by atoms with E-state index >= 15 is 0 Å². The van der Waals surface area contributed by atoms with E-state index in [-0.39, 0.29) is 11.7 Å². The SMILES string of the molecule is COc1ccc2c(c1)C(c1ccc(Cl)cc1)=NC(C[C@@H](C)CS(=O)(=O)O)c1nnc(C)n1-2. The Morgan fingerprint density at radius 1 is 1.19 bits per heavy atom. The van der Waals surface area contributed by atoms with Crippen LogP contribution in [0.5, 0.6) is 5.75 Å². The molecule has 0 fully saturated rings. The lowest BCUT2D eigenvalue weighted by Crippen LogP contribution is -2.16. The predicted molar refractivity (Wildman–Crippen MR) is 123 cm³/mol. The second kappa shape index (κ2) is 8.65. The van der Waals surface area contributed by atoms with Crippen molar-refractivity contribution >= 4 is 27.4 Å². The average Bonchev–Trinajstić information content (AvgIpc) is 3.05. The summed E-state index contributed by atoms with van der Waals surface area (Å²) in [6, 6.07) is 12.6. The van der Waals surface area contributed by atoms with Gasteiger partial charge in [0, 0.05) is 16.1 Å². The number of aromatic nitrogens is 3. The first-order valence-electron chi connectivity index (χ1n) is 10.1. The largest absolute Gasteiger partial charge is 0.497 e. The normalized spacial score (nSPS) is 16.5. The van der Waals surface area contributed by atoms with Crippen LogP contribution < -0.4 is 4.74 Å². The number of aliphatic imine (C=N–C) groups is 1. The van der Waals surface area contributed by atoms with Gasteiger partial charge in [0.1, 0.15) is 17.6 Å². The molecule has 2 atom stereocenters. The third-order valence-electron chi connectivity index (χ3n) is 5.37. The molecular weight excluding hydrogens is 452 g/mol. The summed E-state index contributed by atoms with van der Waals surface area (Å²) in [4.78, 5) is 5.04. The molecule has 0 bridgehead atoms. The van der Waals surface area contributed by atoms with Gasteiger partial charge in [-0.05, 0) is 49.6 Å². The highest BCUT2D eigenvalue weighted by Gasteiger charge is 2.30. The minimum absolute atomic E-state index is 0.355. The molecular formula is C22H23ClN4O4S. The van der Waals surface area contributed by atoms with Gasteiger partial charge >= 0.3 is 0 Å². The highest BCUT2D eigenvalue weighted by atomic mass is 35.5. The Morgan fingerprint density at radius 3 is 2.56 bits per heavy atom. The number of methoxy groups -OCH3 is 1. The summed E-state index contributed by atoms with van der Waals surface area (Å²) < 4.78 is 39.6. The van der Waals surface area contributed by atoms with Gasteiger partial charge in [0.15, 0.2) is 5.82 Å². The molecule has 3 aromatic rings. The zero-order chi connectivity index (χ0) is 23.0. The number of fused-ring (bicyclic) bond motifs is 3. The molecule has 1 unspecified atom stereocenters. The Hall–Kier alpha value is -2.75. The fourth-order valence-corrected chi connectivity index (χ4v) is 4.99. The van der Waals surface area contributed by atoms with Crippen molar-refractivity contribution in [2.75, 3.05) is 12.9 Å². The summed E-state index contributed by atoms with van der Waals surface area (Å²) in [7, 11) is -2.51. The van der Waals surface area contributed by atoms with E-state index < -0.39 is 16.2 Å². The molecule has 168 valence electrons. The van der Waals surface area contributed by atoms with Crippen LogP contribution in [0.15, 0.2) is 47.5 Å². The van der Waals surface area contributed by atoms with Crippen molar-refractivity contribution in [3.8, 4) is 11.4 Å². The standard InChI is InChI=1S/C22H23ClN4O4S/c1-13(12-32(28,29)30)10-19-22-26-25-14(2)27(22)20-9-8-17(31-3)11-18(20)21(24-19)15-4-6-16(23)7-5-15/h4-9,11,13,19H,10,12H2,1-3H3,(H,28,29,30)/t13-,19?/m1/s1. The number of hydrogen-bond acceptors (Lipinski definition) is 6. The molecule has 0 radical (unpaired) electrons. The van der Waals surface area contributed by atoms with Gasteiger partial charge in [0.2, 0.25) is 0 Å². The Bertz CT molecular complexity index is 1290. The summed E-state index contributed by atoms with van der Waals surface area (Å²) in [6.07, 6.45) is 0.361. The van der Waals surface area contributed by atoms with Crippen LogP contribution >= 0.6 is 11.6 Å². The molecule has 8 nitrogen and oxygen atoms in total. The maximum Gasteiger partial charge on any atom is 0.265 e. The molecule has 0 aliphatic carbocycles. The van der Waals surface area contributed by atoms with Crippen molar-refractivity contribution in [2.24, 2.45) is 10.9 Å². The number of nitrogens with zero attached hydrogens (tertiary/aromatic N) is 4. The van der Waals surface area contributed by atoms with Gasteiger partial charge in [-0.2, -0.15) is 8.42 Å². The summed E-state index contributed by atoms with van der Waals surface area (Å²) in [5.41, 5.74) is 3.25. The number of rotatable bonds is 6. The molecule has 0 spiro atoms. The zero-order valence-electron chi connectivity index (χ0n) is 17.9.